The van der Waals surface area contributed by atoms with E-state index in [1.807, 2.05) is 0 Å². The van der Waals surface area contributed by atoms with Crippen LogP contribution >= 0.6 is 0 Å². The molecule has 9 heteroatoms. The third kappa shape index (κ3) is 5.54. The van der Waals surface area contributed by atoms with Crippen molar-refractivity contribution in [3.05, 3.63) is 72.2 Å². The number of nitrogens with zero attached hydrogens (tertiary/aromatic N) is 2. The lowest BCUT2D eigenvalue weighted by Crippen LogP contribution is -2.33. The number of aromatic nitrogens is 1. The largest absolute Gasteiger partial charge is 0.497 e. The van der Waals surface area contributed by atoms with E-state index in [0.717, 1.165) is 3.97 Å². The van der Waals surface area contributed by atoms with Crippen molar-refractivity contribution in [2.24, 2.45) is 0 Å². The van der Waals surface area contributed by atoms with Crippen LogP contribution in [-0.2, 0) is 21.3 Å². The number of amides is 1. The van der Waals surface area contributed by atoms with E-state index in [9.17, 15) is 17.6 Å². The molecule has 0 radical (unpaired) electrons. The molecule has 3 aromatic rings. The summed E-state index contributed by atoms with van der Waals surface area (Å²) in [5.41, 5.74) is 0.0809. The monoisotopic (exact) mass is 474 g/mol. The Morgan fingerprint density at radius 2 is 1.79 bits per heavy atom. The van der Waals surface area contributed by atoms with Gasteiger partial charge in [0.1, 0.15) is 17.2 Å². The highest BCUT2D eigenvalue weighted by molar-refractivity contribution is 7.90. The zero-order valence-corrected chi connectivity index (χ0v) is 20.0. The summed E-state index contributed by atoms with van der Waals surface area (Å²) in [5.74, 6) is -0.190. The van der Waals surface area contributed by atoms with E-state index in [-0.39, 0.29) is 22.7 Å². The Morgan fingerprint density at radius 1 is 1.09 bits per heavy atom. The van der Waals surface area contributed by atoms with Crippen molar-refractivity contribution in [1.29, 1.82) is 0 Å². The molecule has 1 amide bonds. The molecule has 0 aliphatic rings. The molecule has 33 heavy (non-hydrogen) atoms. The van der Waals surface area contributed by atoms with Crippen molar-refractivity contribution in [3.63, 3.8) is 0 Å². The van der Waals surface area contributed by atoms with Gasteiger partial charge in [-0.05, 0) is 56.7 Å². The van der Waals surface area contributed by atoms with E-state index in [2.05, 4.69) is 0 Å². The number of methoxy groups -OCH3 is 1. The van der Waals surface area contributed by atoms with Gasteiger partial charge in [0.15, 0.2) is 0 Å². The first-order chi connectivity index (χ1) is 15.4. The predicted octanol–water partition coefficient (Wildman–Crippen LogP) is 4.91. The molecular weight excluding hydrogens is 447 g/mol. The van der Waals surface area contributed by atoms with E-state index in [1.54, 1.807) is 52.1 Å². The fourth-order valence-corrected chi connectivity index (χ4v) is 4.63. The molecule has 3 rings (SSSR count). The minimum atomic E-state index is -4.10. The summed E-state index contributed by atoms with van der Waals surface area (Å²) in [5, 5.41) is 0. The maximum absolute atomic E-state index is 14.6. The predicted molar refractivity (Wildman–Crippen MR) is 123 cm³/mol. The molecule has 0 N–H and O–H groups in total. The van der Waals surface area contributed by atoms with E-state index >= 15 is 0 Å². The van der Waals surface area contributed by atoms with Gasteiger partial charge in [0.05, 0.1) is 24.2 Å². The minimum absolute atomic E-state index is 0.0120. The van der Waals surface area contributed by atoms with Gasteiger partial charge in [-0.25, -0.2) is 21.6 Å². The van der Waals surface area contributed by atoms with Crippen molar-refractivity contribution in [3.8, 4) is 17.0 Å². The summed E-state index contributed by atoms with van der Waals surface area (Å²) in [6.07, 6.45) is 0.829. The lowest BCUT2D eigenvalue weighted by atomic mass is 10.1. The van der Waals surface area contributed by atoms with Crippen LogP contribution in [0.1, 0.15) is 26.3 Å². The number of hydrogen-bond donors (Lipinski definition) is 0. The van der Waals surface area contributed by atoms with E-state index in [4.69, 9.17) is 9.47 Å². The first kappa shape index (κ1) is 24.3. The van der Waals surface area contributed by atoms with E-state index in [1.165, 1.54) is 48.5 Å². The average molecular weight is 475 g/mol. The van der Waals surface area contributed by atoms with E-state index in [0.29, 0.717) is 11.3 Å². The second-order valence-electron chi connectivity index (χ2n) is 8.53. The number of carbonyl (C=O) groups excluding carboxylic acids is 1. The smallest absolute Gasteiger partial charge is 0.410 e. The molecule has 0 bridgehead atoms. The Labute approximate surface area is 193 Å². The van der Waals surface area contributed by atoms with Crippen LogP contribution in [0.4, 0.5) is 9.18 Å². The molecule has 0 aliphatic heterocycles. The molecule has 0 aliphatic carbocycles. The van der Waals surface area contributed by atoms with Crippen LogP contribution in [-0.4, -0.2) is 43.1 Å². The molecule has 7 nitrogen and oxygen atoms in total. The van der Waals surface area contributed by atoms with Crippen molar-refractivity contribution >= 4 is 16.1 Å². The molecule has 0 atom stereocenters. The van der Waals surface area contributed by atoms with Gasteiger partial charge in [0, 0.05) is 24.9 Å². The molecule has 176 valence electrons. The zero-order valence-electron chi connectivity index (χ0n) is 19.2. The second kappa shape index (κ2) is 9.27. The maximum atomic E-state index is 14.6. The van der Waals surface area contributed by atoms with Gasteiger partial charge in [-0.1, -0.05) is 18.2 Å². The summed E-state index contributed by atoms with van der Waals surface area (Å²) in [7, 11) is -1.11. The SMILES string of the molecule is COc1cccc(S(=O)(=O)n2cc(CN(C)C(=O)OC(C)(C)C)cc2-c2ccccc2F)c1. The summed E-state index contributed by atoms with van der Waals surface area (Å²) >= 11 is 0. The third-order valence-corrected chi connectivity index (χ3v) is 6.39. The molecule has 1 heterocycles. The number of benzene rings is 2. The van der Waals surface area contributed by atoms with Gasteiger partial charge in [-0.15, -0.1) is 0 Å². The Kier molecular flexibility index (Phi) is 6.83. The van der Waals surface area contributed by atoms with Crippen molar-refractivity contribution in [1.82, 2.24) is 8.87 Å². The van der Waals surface area contributed by atoms with Crippen molar-refractivity contribution in [2.45, 2.75) is 37.8 Å². The Morgan fingerprint density at radius 3 is 2.42 bits per heavy atom. The van der Waals surface area contributed by atoms with Crippen LogP contribution in [0.5, 0.6) is 5.75 Å². The fourth-order valence-electron chi connectivity index (χ4n) is 3.20. The summed E-state index contributed by atoms with van der Waals surface area (Å²) in [4.78, 5) is 13.7. The molecule has 0 unspecified atom stereocenters. The van der Waals surface area contributed by atoms with Gasteiger partial charge >= 0.3 is 6.09 Å². The summed E-state index contributed by atoms with van der Waals surface area (Å²) in [6.45, 7) is 5.33. The van der Waals surface area contributed by atoms with Gasteiger partial charge < -0.3 is 14.4 Å². The van der Waals surface area contributed by atoms with Crippen LogP contribution in [0.15, 0.2) is 65.7 Å². The van der Waals surface area contributed by atoms with Crippen LogP contribution in [0.3, 0.4) is 0 Å². The van der Waals surface area contributed by atoms with Crippen molar-refractivity contribution in [2.75, 3.05) is 14.2 Å². The topological polar surface area (TPSA) is 77.8 Å². The van der Waals surface area contributed by atoms with Gasteiger partial charge in [-0.3, -0.25) is 0 Å². The highest BCUT2D eigenvalue weighted by Crippen LogP contribution is 2.30. The number of carbonyl (C=O) groups is 1. The highest BCUT2D eigenvalue weighted by atomic mass is 32.2. The van der Waals surface area contributed by atoms with Gasteiger partial charge in [-0.2, -0.15) is 0 Å². The highest BCUT2D eigenvalue weighted by Gasteiger charge is 2.25. The quantitative estimate of drug-likeness (QED) is 0.508. The Hall–Kier alpha value is -3.33. The first-order valence-corrected chi connectivity index (χ1v) is 11.7. The molecule has 0 saturated carbocycles. The third-order valence-electron chi connectivity index (χ3n) is 4.72. The van der Waals surface area contributed by atoms with Crippen LogP contribution < -0.4 is 4.74 Å². The lowest BCUT2D eigenvalue weighted by Gasteiger charge is -2.24. The fraction of sp³-hybridized carbons (Fsp3) is 0.292. The Bertz CT molecular complexity index is 1260. The molecule has 0 saturated heterocycles. The zero-order chi connectivity index (χ0) is 24.4. The summed E-state index contributed by atoms with van der Waals surface area (Å²) in [6, 6.07) is 13.5. The summed E-state index contributed by atoms with van der Waals surface area (Å²) < 4.78 is 53.2. The number of halogens is 1. The van der Waals surface area contributed by atoms with Gasteiger partial charge in [0.25, 0.3) is 10.0 Å². The maximum Gasteiger partial charge on any atom is 0.410 e. The number of hydrogen-bond acceptors (Lipinski definition) is 5. The normalized spacial score (nSPS) is 11.8. The Balaban J connectivity index is 2.08. The lowest BCUT2D eigenvalue weighted by molar-refractivity contribution is 0.0285. The van der Waals surface area contributed by atoms with Crippen LogP contribution in [0.25, 0.3) is 11.3 Å². The second-order valence-corrected chi connectivity index (χ2v) is 10.3. The molecule has 1 aromatic heterocycles. The van der Waals surface area contributed by atoms with Crippen LogP contribution in [0, 0.1) is 5.82 Å². The number of ether oxygens (including phenoxy) is 2. The standard InChI is InChI=1S/C24H27FN2O5S/c1-24(2,3)32-23(28)26(4)15-17-13-22(20-11-6-7-12-21(20)25)27(16-17)33(29,30)19-10-8-9-18(14-19)31-5/h6-14,16H,15H2,1-5H3. The molecule has 0 spiro atoms. The molecule has 2 aromatic carbocycles. The average Bonchev–Trinajstić information content (AvgIpc) is 3.17. The van der Waals surface area contributed by atoms with E-state index < -0.39 is 27.5 Å². The molecular formula is C24H27FN2O5S. The molecule has 0 fully saturated rings. The van der Waals surface area contributed by atoms with Crippen molar-refractivity contribution < 1.29 is 27.1 Å². The number of rotatable bonds is 6. The van der Waals surface area contributed by atoms with Crippen LogP contribution in [0.2, 0.25) is 0 Å². The van der Waals surface area contributed by atoms with Gasteiger partial charge in [0.2, 0.25) is 0 Å². The first-order valence-electron chi connectivity index (χ1n) is 10.2. The minimum Gasteiger partial charge on any atom is -0.497 e.